The zero-order chi connectivity index (χ0) is 14.7. The Kier molecular flexibility index (Phi) is 4.69. The summed E-state index contributed by atoms with van der Waals surface area (Å²) in [5.74, 6) is 1.40. The maximum atomic E-state index is 12.3. The van der Waals surface area contributed by atoms with Gasteiger partial charge in [0.15, 0.2) is 6.10 Å². The first kappa shape index (κ1) is 14.9. The Morgan fingerprint density at radius 1 is 1.20 bits per heavy atom. The fraction of sp³-hybridized carbons (Fsp3) is 0.588. The van der Waals surface area contributed by atoms with Gasteiger partial charge in [-0.3, -0.25) is 4.79 Å². The van der Waals surface area contributed by atoms with Crippen LogP contribution in [0.3, 0.4) is 0 Å². The number of benzene rings is 1. The van der Waals surface area contributed by atoms with Crippen LogP contribution in [0.5, 0.6) is 5.75 Å². The molecule has 1 heterocycles. The van der Waals surface area contributed by atoms with Gasteiger partial charge in [-0.25, -0.2) is 0 Å². The van der Waals surface area contributed by atoms with Gasteiger partial charge in [-0.15, -0.1) is 0 Å². The fourth-order valence-electron chi connectivity index (χ4n) is 2.54. The molecule has 1 atom stereocenters. The molecule has 2 rings (SSSR count). The molecule has 1 amide bonds. The van der Waals surface area contributed by atoms with Gasteiger partial charge in [0.05, 0.1) is 0 Å². The molecule has 1 aliphatic rings. The topological polar surface area (TPSA) is 29.5 Å². The molecule has 1 aromatic carbocycles. The Labute approximate surface area is 121 Å². The van der Waals surface area contributed by atoms with Crippen molar-refractivity contribution < 1.29 is 9.53 Å². The lowest BCUT2D eigenvalue weighted by molar-refractivity contribution is -0.136. The van der Waals surface area contributed by atoms with Gasteiger partial charge >= 0.3 is 0 Å². The molecule has 1 saturated heterocycles. The SMILES string of the molecule is Cc1ccc(C(C)C)cc1OC(C)C(=O)N1CCCC1. The summed E-state index contributed by atoms with van der Waals surface area (Å²) in [5, 5.41) is 0. The summed E-state index contributed by atoms with van der Waals surface area (Å²) in [6, 6.07) is 6.26. The van der Waals surface area contributed by atoms with Crippen LogP contribution in [0.1, 0.15) is 50.7 Å². The smallest absolute Gasteiger partial charge is 0.263 e. The molecule has 1 aromatic rings. The highest BCUT2D eigenvalue weighted by molar-refractivity contribution is 5.81. The van der Waals surface area contributed by atoms with E-state index in [1.54, 1.807) is 0 Å². The predicted octanol–water partition coefficient (Wildman–Crippen LogP) is 3.51. The first-order chi connectivity index (χ1) is 9.49. The molecule has 20 heavy (non-hydrogen) atoms. The van der Waals surface area contributed by atoms with Crippen LogP contribution >= 0.6 is 0 Å². The van der Waals surface area contributed by atoms with Crippen LogP contribution in [-0.2, 0) is 4.79 Å². The molecule has 0 spiro atoms. The number of carbonyl (C=O) groups is 1. The van der Waals surface area contributed by atoms with Crippen molar-refractivity contribution in [3.63, 3.8) is 0 Å². The molecule has 0 aromatic heterocycles. The van der Waals surface area contributed by atoms with Crippen molar-refractivity contribution in [1.82, 2.24) is 4.90 Å². The predicted molar refractivity (Wildman–Crippen MR) is 81.2 cm³/mol. The standard InChI is InChI=1S/C17H25NO2/c1-12(2)15-8-7-13(3)16(11-15)20-14(4)17(19)18-9-5-6-10-18/h7-8,11-12,14H,5-6,9-10H2,1-4H3. The van der Waals surface area contributed by atoms with E-state index in [1.165, 1.54) is 5.56 Å². The van der Waals surface area contributed by atoms with Crippen molar-refractivity contribution in [2.24, 2.45) is 0 Å². The largest absolute Gasteiger partial charge is 0.481 e. The second-order valence-corrected chi connectivity index (χ2v) is 5.97. The van der Waals surface area contributed by atoms with E-state index in [4.69, 9.17) is 4.74 Å². The van der Waals surface area contributed by atoms with E-state index in [2.05, 4.69) is 32.0 Å². The van der Waals surface area contributed by atoms with E-state index >= 15 is 0 Å². The van der Waals surface area contributed by atoms with E-state index in [1.807, 2.05) is 18.7 Å². The second-order valence-electron chi connectivity index (χ2n) is 5.97. The number of rotatable bonds is 4. The summed E-state index contributed by atoms with van der Waals surface area (Å²) in [6.45, 7) is 9.93. The highest BCUT2D eigenvalue weighted by Gasteiger charge is 2.24. The molecule has 3 nitrogen and oxygen atoms in total. The summed E-state index contributed by atoms with van der Waals surface area (Å²) in [5.41, 5.74) is 2.32. The Morgan fingerprint density at radius 3 is 2.45 bits per heavy atom. The average Bonchev–Trinajstić information content (AvgIpc) is 2.94. The maximum absolute atomic E-state index is 12.3. The lowest BCUT2D eigenvalue weighted by atomic mass is 10.0. The van der Waals surface area contributed by atoms with Crippen LogP contribution in [0.25, 0.3) is 0 Å². The van der Waals surface area contributed by atoms with Crippen molar-refractivity contribution in [2.45, 2.75) is 52.6 Å². The van der Waals surface area contributed by atoms with Gasteiger partial charge in [-0.2, -0.15) is 0 Å². The number of carbonyl (C=O) groups excluding carboxylic acids is 1. The third kappa shape index (κ3) is 3.33. The van der Waals surface area contributed by atoms with Crippen molar-refractivity contribution >= 4 is 5.91 Å². The Morgan fingerprint density at radius 2 is 1.85 bits per heavy atom. The first-order valence-electron chi connectivity index (χ1n) is 7.55. The van der Waals surface area contributed by atoms with Crippen molar-refractivity contribution in [2.75, 3.05) is 13.1 Å². The Balaban J connectivity index is 2.08. The Bertz CT molecular complexity index is 476. The highest BCUT2D eigenvalue weighted by atomic mass is 16.5. The van der Waals surface area contributed by atoms with Gasteiger partial charge in [0, 0.05) is 13.1 Å². The second kappa shape index (κ2) is 6.29. The number of likely N-dealkylation sites (tertiary alicyclic amines) is 1. The molecular weight excluding hydrogens is 250 g/mol. The van der Waals surface area contributed by atoms with Gasteiger partial charge in [0.25, 0.3) is 5.91 Å². The van der Waals surface area contributed by atoms with E-state index in [0.29, 0.717) is 5.92 Å². The van der Waals surface area contributed by atoms with E-state index in [0.717, 1.165) is 37.2 Å². The molecule has 110 valence electrons. The molecule has 0 radical (unpaired) electrons. The minimum atomic E-state index is -0.408. The van der Waals surface area contributed by atoms with E-state index in [-0.39, 0.29) is 5.91 Å². The van der Waals surface area contributed by atoms with Gasteiger partial charge in [-0.1, -0.05) is 26.0 Å². The number of hydrogen-bond acceptors (Lipinski definition) is 2. The number of amides is 1. The van der Waals surface area contributed by atoms with Gasteiger partial charge in [0.2, 0.25) is 0 Å². The molecule has 1 aliphatic heterocycles. The zero-order valence-corrected chi connectivity index (χ0v) is 13.0. The quantitative estimate of drug-likeness (QED) is 0.841. The van der Waals surface area contributed by atoms with Gasteiger partial charge in [0.1, 0.15) is 5.75 Å². The summed E-state index contributed by atoms with van der Waals surface area (Å²) in [7, 11) is 0. The lowest BCUT2D eigenvalue weighted by Gasteiger charge is -2.22. The van der Waals surface area contributed by atoms with Crippen LogP contribution in [0.15, 0.2) is 18.2 Å². The minimum Gasteiger partial charge on any atom is -0.481 e. The molecule has 0 bridgehead atoms. The van der Waals surface area contributed by atoms with Crippen LogP contribution in [-0.4, -0.2) is 30.0 Å². The third-order valence-corrected chi connectivity index (χ3v) is 3.95. The maximum Gasteiger partial charge on any atom is 0.263 e. The van der Waals surface area contributed by atoms with Crippen LogP contribution in [0.4, 0.5) is 0 Å². The summed E-state index contributed by atoms with van der Waals surface area (Å²) < 4.78 is 5.92. The molecule has 1 unspecified atom stereocenters. The van der Waals surface area contributed by atoms with Crippen LogP contribution < -0.4 is 4.74 Å². The third-order valence-electron chi connectivity index (χ3n) is 3.95. The lowest BCUT2D eigenvalue weighted by Crippen LogP contribution is -2.38. The van der Waals surface area contributed by atoms with Crippen molar-refractivity contribution in [3.05, 3.63) is 29.3 Å². The van der Waals surface area contributed by atoms with Crippen LogP contribution in [0.2, 0.25) is 0 Å². The number of aryl methyl sites for hydroxylation is 1. The number of ether oxygens (including phenoxy) is 1. The highest BCUT2D eigenvalue weighted by Crippen LogP contribution is 2.25. The summed E-state index contributed by atoms with van der Waals surface area (Å²) in [4.78, 5) is 14.2. The van der Waals surface area contributed by atoms with Gasteiger partial charge in [-0.05, 0) is 49.8 Å². The van der Waals surface area contributed by atoms with Crippen molar-refractivity contribution in [3.8, 4) is 5.75 Å². The monoisotopic (exact) mass is 275 g/mol. The summed E-state index contributed by atoms with van der Waals surface area (Å²) >= 11 is 0. The first-order valence-corrected chi connectivity index (χ1v) is 7.55. The molecule has 3 heteroatoms. The van der Waals surface area contributed by atoms with E-state index in [9.17, 15) is 4.79 Å². The summed E-state index contributed by atoms with van der Waals surface area (Å²) in [6.07, 6.45) is 1.81. The molecule has 0 aliphatic carbocycles. The molecule has 0 N–H and O–H groups in total. The number of nitrogens with zero attached hydrogens (tertiary/aromatic N) is 1. The van der Waals surface area contributed by atoms with Crippen LogP contribution in [0, 0.1) is 6.92 Å². The van der Waals surface area contributed by atoms with Crippen molar-refractivity contribution in [1.29, 1.82) is 0 Å². The molecular formula is C17H25NO2. The normalized spacial score (nSPS) is 16.6. The zero-order valence-electron chi connectivity index (χ0n) is 13.0. The molecule has 1 fully saturated rings. The fourth-order valence-corrected chi connectivity index (χ4v) is 2.54. The van der Waals surface area contributed by atoms with Gasteiger partial charge < -0.3 is 9.64 Å². The molecule has 0 saturated carbocycles. The Hall–Kier alpha value is -1.51. The minimum absolute atomic E-state index is 0.108. The van der Waals surface area contributed by atoms with E-state index < -0.39 is 6.10 Å². The average molecular weight is 275 g/mol. The number of hydrogen-bond donors (Lipinski definition) is 0.